The number of nitrogens with two attached hydrogens (primary N) is 5. The van der Waals surface area contributed by atoms with E-state index in [-0.39, 0.29) is 31.8 Å². The first-order valence-electron chi connectivity index (χ1n) is 11.0. The number of aliphatic hydroxyl groups excluding tert-OH is 1. The van der Waals surface area contributed by atoms with Crippen molar-refractivity contribution in [1.82, 2.24) is 16.0 Å². The second-order valence-corrected chi connectivity index (χ2v) is 7.71. The van der Waals surface area contributed by atoms with E-state index in [9.17, 15) is 29.1 Å². The predicted octanol–water partition coefficient (Wildman–Crippen LogP) is -5.10. The third-order valence-electron chi connectivity index (χ3n) is 4.71. The highest BCUT2D eigenvalue weighted by Gasteiger charge is 2.30. The Balaban J connectivity index is 5.46. The Morgan fingerprint density at radius 1 is 0.800 bits per heavy atom. The quantitative estimate of drug-likeness (QED) is 0.0479. The molecule has 35 heavy (non-hydrogen) atoms. The molecule has 0 aromatic heterocycles. The lowest BCUT2D eigenvalue weighted by atomic mass is 10.1. The van der Waals surface area contributed by atoms with Gasteiger partial charge < -0.3 is 54.8 Å². The molecule has 0 heterocycles. The molecule has 4 amide bonds. The number of amides is 4. The van der Waals surface area contributed by atoms with Gasteiger partial charge in [0.15, 0.2) is 5.96 Å². The highest BCUT2D eigenvalue weighted by atomic mass is 16.4. The van der Waals surface area contributed by atoms with Crippen molar-refractivity contribution in [3.8, 4) is 0 Å². The van der Waals surface area contributed by atoms with Crippen LogP contribution in [0.2, 0.25) is 0 Å². The lowest BCUT2D eigenvalue weighted by Gasteiger charge is -2.24. The van der Waals surface area contributed by atoms with Gasteiger partial charge in [0.25, 0.3) is 0 Å². The second kappa shape index (κ2) is 17.0. The van der Waals surface area contributed by atoms with Crippen LogP contribution in [0, 0.1) is 0 Å². The molecule has 4 atom stereocenters. The van der Waals surface area contributed by atoms with Gasteiger partial charge >= 0.3 is 5.97 Å². The van der Waals surface area contributed by atoms with Crippen LogP contribution >= 0.6 is 0 Å². The molecule has 0 radical (unpaired) electrons. The molecule has 0 aromatic rings. The Bertz CT molecular complexity index is 759. The fourth-order valence-electron chi connectivity index (χ4n) is 2.84. The smallest absolute Gasteiger partial charge is 0.326 e. The lowest BCUT2D eigenvalue weighted by molar-refractivity contribution is -0.142. The number of nitrogens with zero attached hydrogens (tertiary/aromatic N) is 1. The average Bonchev–Trinajstić information content (AvgIpc) is 2.78. The molecule has 0 fully saturated rings. The van der Waals surface area contributed by atoms with E-state index in [0.29, 0.717) is 19.4 Å². The number of hydrogen-bond acceptors (Lipinski definition) is 9. The van der Waals surface area contributed by atoms with E-state index in [1.165, 1.54) is 0 Å². The first-order chi connectivity index (χ1) is 16.4. The zero-order valence-electron chi connectivity index (χ0n) is 19.4. The maximum atomic E-state index is 12.8. The van der Waals surface area contributed by atoms with Gasteiger partial charge in [0.2, 0.25) is 23.6 Å². The number of hydrogen-bond donors (Lipinski definition) is 10. The van der Waals surface area contributed by atoms with Crippen LogP contribution in [0.5, 0.6) is 0 Å². The third-order valence-corrected chi connectivity index (χ3v) is 4.71. The predicted molar refractivity (Wildman–Crippen MR) is 125 cm³/mol. The van der Waals surface area contributed by atoms with Gasteiger partial charge in [-0.15, -0.1) is 0 Å². The minimum Gasteiger partial charge on any atom is -0.480 e. The first-order valence-corrected chi connectivity index (χ1v) is 11.0. The number of rotatable bonds is 18. The van der Waals surface area contributed by atoms with E-state index in [1.807, 2.05) is 0 Å². The number of carbonyl (C=O) groups excluding carboxylic acids is 4. The summed E-state index contributed by atoms with van der Waals surface area (Å²) in [5.74, 6) is -4.99. The summed E-state index contributed by atoms with van der Waals surface area (Å²) in [6, 6.07) is -5.31. The topological polar surface area (TPSA) is 304 Å². The zero-order valence-corrected chi connectivity index (χ0v) is 19.4. The molecule has 16 heteroatoms. The molecule has 0 aliphatic carbocycles. The molecule has 0 rings (SSSR count). The number of carboxylic acid groups (broad SMARTS) is 1. The molecule has 0 aliphatic heterocycles. The number of unbranched alkanes of at least 4 members (excludes halogenated alkanes) is 1. The summed E-state index contributed by atoms with van der Waals surface area (Å²) in [4.78, 5) is 64.3. The number of aliphatic imine (C=N–C) groups is 1. The van der Waals surface area contributed by atoms with E-state index in [2.05, 4.69) is 20.9 Å². The summed E-state index contributed by atoms with van der Waals surface area (Å²) in [5, 5.41) is 25.4. The lowest BCUT2D eigenvalue weighted by Crippen LogP contribution is -2.58. The molecule has 15 N–H and O–H groups in total. The molecule has 16 nitrogen and oxygen atoms in total. The van der Waals surface area contributed by atoms with Crippen molar-refractivity contribution < 1.29 is 34.2 Å². The van der Waals surface area contributed by atoms with Crippen molar-refractivity contribution in [2.75, 3.05) is 19.7 Å². The second-order valence-electron chi connectivity index (χ2n) is 7.71. The molecular weight excluding hydrogens is 466 g/mol. The van der Waals surface area contributed by atoms with Crippen molar-refractivity contribution in [1.29, 1.82) is 0 Å². The molecular formula is C19H37N9O7. The largest absolute Gasteiger partial charge is 0.480 e. The molecule has 0 saturated carbocycles. The highest BCUT2D eigenvalue weighted by Crippen LogP contribution is 2.06. The SMILES string of the molecule is NCCCCC(NC(=O)C(CC(N)=O)NC(=O)C(N)CO)C(=O)NC(CCCN=C(N)N)C(=O)O. The van der Waals surface area contributed by atoms with Gasteiger partial charge in [0, 0.05) is 6.54 Å². The van der Waals surface area contributed by atoms with Crippen LogP contribution in [0.4, 0.5) is 0 Å². The zero-order chi connectivity index (χ0) is 27.0. The summed E-state index contributed by atoms with van der Waals surface area (Å²) in [6.07, 6.45) is 0.711. The number of guanidine groups is 1. The number of aliphatic hydroxyl groups is 1. The molecule has 4 unspecified atom stereocenters. The van der Waals surface area contributed by atoms with Crippen LogP contribution < -0.4 is 44.6 Å². The highest BCUT2D eigenvalue weighted by molar-refractivity contribution is 5.96. The van der Waals surface area contributed by atoms with Crippen molar-refractivity contribution in [3.63, 3.8) is 0 Å². The maximum absolute atomic E-state index is 12.8. The van der Waals surface area contributed by atoms with Crippen LogP contribution in [0.15, 0.2) is 4.99 Å². The summed E-state index contributed by atoms with van der Waals surface area (Å²) in [5.41, 5.74) is 26.5. The Labute approximate surface area is 202 Å². The van der Waals surface area contributed by atoms with Crippen LogP contribution in [0.3, 0.4) is 0 Å². The van der Waals surface area contributed by atoms with Crippen molar-refractivity contribution >= 4 is 35.6 Å². The van der Waals surface area contributed by atoms with Gasteiger partial charge in [-0.3, -0.25) is 24.2 Å². The Kier molecular flexibility index (Phi) is 15.3. The van der Waals surface area contributed by atoms with Gasteiger partial charge in [0.1, 0.15) is 24.2 Å². The summed E-state index contributed by atoms with van der Waals surface area (Å²) < 4.78 is 0. The maximum Gasteiger partial charge on any atom is 0.326 e. The van der Waals surface area contributed by atoms with Crippen LogP contribution in [-0.4, -0.2) is 89.6 Å². The Morgan fingerprint density at radius 2 is 1.34 bits per heavy atom. The third kappa shape index (κ3) is 13.7. The number of primary amides is 1. The Morgan fingerprint density at radius 3 is 1.86 bits per heavy atom. The number of carboxylic acids is 1. The first kappa shape index (κ1) is 31.5. The average molecular weight is 504 g/mol. The van der Waals surface area contributed by atoms with Gasteiger partial charge in [-0.25, -0.2) is 4.79 Å². The van der Waals surface area contributed by atoms with Crippen LogP contribution in [0.1, 0.15) is 38.5 Å². The molecule has 0 aliphatic rings. The van der Waals surface area contributed by atoms with Crippen LogP contribution in [0.25, 0.3) is 0 Å². The van der Waals surface area contributed by atoms with Crippen molar-refractivity contribution in [3.05, 3.63) is 0 Å². The fourth-order valence-corrected chi connectivity index (χ4v) is 2.84. The minimum absolute atomic E-state index is 0.0146. The van der Waals surface area contributed by atoms with E-state index >= 15 is 0 Å². The van der Waals surface area contributed by atoms with Gasteiger partial charge in [-0.2, -0.15) is 0 Å². The summed E-state index contributed by atoms with van der Waals surface area (Å²) >= 11 is 0. The monoisotopic (exact) mass is 503 g/mol. The van der Waals surface area contributed by atoms with Gasteiger partial charge in [0.05, 0.1) is 13.0 Å². The molecule has 0 bridgehead atoms. The number of aliphatic carboxylic acids is 1. The number of carbonyl (C=O) groups is 5. The Hall–Kier alpha value is -3.50. The summed E-state index contributed by atoms with van der Waals surface area (Å²) in [6.45, 7) is -0.228. The van der Waals surface area contributed by atoms with E-state index in [0.717, 1.165) is 0 Å². The molecule has 0 aromatic carbocycles. The van der Waals surface area contributed by atoms with E-state index in [1.54, 1.807) is 0 Å². The van der Waals surface area contributed by atoms with Gasteiger partial charge in [-0.05, 0) is 38.6 Å². The minimum atomic E-state index is -1.47. The standard InChI is InChI=1S/C19H37N9O7/c20-6-2-1-4-11(16(32)27-12(18(34)35)5-3-7-25-19(23)24)26-17(33)13(8-14(22)30)28-15(31)10(21)9-29/h10-13,29H,1-9,20-21H2,(H2,22,30)(H,26,33)(H,27,32)(H,28,31)(H,34,35)(H4,23,24,25). The normalized spacial score (nSPS) is 14.0. The summed E-state index contributed by atoms with van der Waals surface area (Å²) in [7, 11) is 0. The fraction of sp³-hybridized carbons (Fsp3) is 0.684. The van der Waals surface area contributed by atoms with E-state index in [4.69, 9.17) is 33.8 Å². The molecule has 0 saturated heterocycles. The van der Waals surface area contributed by atoms with Gasteiger partial charge in [-0.1, -0.05) is 0 Å². The van der Waals surface area contributed by atoms with E-state index < -0.39 is 66.8 Å². The number of nitrogens with one attached hydrogen (secondary N) is 3. The molecule has 0 spiro atoms. The van der Waals surface area contributed by atoms with Crippen molar-refractivity contribution in [2.45, 2.75) is 62.7 Å². The van der Waals surface area contributed by atoms with Crippen molar-refractivity contribution in [2.24, 2.45) is 33.7 Å². The molecule has 200 valence electrons. The van der Waals surface area contributed by atoms with Crippen LogP contribution in [-0.2, 0) is 24.0 Å².